The molecule has 0 nitrogen and oxygen atoms in total. The summed E-state index contributed by atoms with van der Waals surface area (Å²) >= 11 is 0. The van der Waals surface area contributed by atoms with Gasteiger partial charge in [0.25, 0.3) is 0 Å². The molecule has 0 heteroatoms. The third kappa shape index (κ3) is 2.14. The summed E-state index contributed by atoms with van der Waals surface area (Å²) in [4.78, 5) is 0. The van der Waals surface area contributed by atoms with Gasteiger partial charge in [0.1, 0.15) is 0 Å². The van der Waals surface area contributed by atoms with Gasteiger partial charge in [0.05, 0.1) is 5.41 Å². The monoisotopic (exact) mass is 262 g/mol. The molecule has 2 rings (SSSR count). The molecule has 0 fully saturated rings. The van der Waals surface area contributed by atoms with E-state index in [2.05, 4.69) is 81.3 Å². The van der Waals surface area contributed by atoms with Gasteiger partial charge in [-0.1, -0.05) is 80.4 Å². The molecule has 20 heavy (non-hydrogen) atoms. The molecule has 0 saturated heterocycles. The van der Waals surface area contributed by atoms with Crippen molar-refractivity contribution in [2.75, 3.05) is 0 Å². The van der Waals surface area contributed by atoms with Crippen LogP contribution in [0.5, 0.6) is 0 Å². The highest BCUT2D eigenvalue weighted by Crippen LogP contribution is 2.46. The minimum atomic E-state index is -0.329. The predicted octanol–water partition coefficient (Wildman–Crippen LogP) is 4.95. The Kier molecular flexibility index (Phi) is 4.00. The van der Waals surface area contributed by atoms with Crippen LogP contribution in [0.1, 0.15) is 38.3 Å². The van der Waals surface area contributed by atoms with Gasteiger partial charge in [-0.2, -0.15) is 0 Å². The Morgan fingerprint density at radius 1 is 0.850 bits per heavy atom. The van der Waals surface area contributed by atoms with E-state index < -0.39 is 0 Å². The first-order chi connectivity index (χ1) is 9.58. The fourth-order valence-electron chi connectivity index (χ4n) is 2.99. The zero-order chi connectivity index (χ0) is 14.6. The zero-order valence-electron chi connectivity index (χ0n) is 12.6. The van der Waals surface area contributed by atoms with Crippen molar-refractivity contribution >= 4 is 0 Å². The standard InChI is InChI=1S/C20H22/c1-5-19(3,17-13-9-7-10-14-17)20(4,6-2)18-15-11-8-12-16-18/h1,7-16H,6H2,2-4H3. The Morgan fingerprint density at radius 2 is 1.30 bits per heavy atom. The van der Waals surface area contributed by atoms with Gasteiger partial charge in [-0.3, -0.25) is 0 Å². The summed E-state index contributed by atoms with van der Waals surface area (Å²) in [6, 6.07) is 21.0. The molecule has 0 saturated carbocycles. The van der Waals surface area contributed by atoms with Crippen LogP contribution in [0.15, 0.2) is 60.7 Å². The fourth-order valence-corrected chi connectivity index (χ4v) is 2.99. The maximum absolute atomic E-state index is 5.99. The van der Waals surface area contributed by atoms with Gasteiger partial charge < -0.3 is 0 Å². The van der Waals surface area contributed by atoms with Crippen LogP contribution in [0.3, 0.4) is 0 Å². The van der Waals surface area contributed by atoms with Crippen molar-refractivity contribution in [2.24, 2.45) is 0 Å². The van der Waals surface area contributed by atoms with Gasteiger partial charge >= 0.3 is 0 Å². The first-order valence-corrected chi connectivity index (χ1v) is 7.17. The highest BCUT2D eigenvalue weighted by atomic mass is 14.5. The molecule has 0 amide bonds. The first kappa shape index (κ1) is 14.4. The Bertz CT molecular complexity index is 591. The molecule has 0 aliphatic carbocycles. The van der Waals surface area contributed by atoms with Crippen molar-refractivity contribution in [1.82, 2.24) is 0 Å². The molecule has 0 aliphatic rings. The molecule has 0 radical (unpaired) electrons. The normalized spacial score (nSPS) is 16.7. The van der Waals surface area contributed by atoms with E-state index in [4.69, 9.17) is 6.42 Å². The van der Waals surface area contributed by atoms with Crippen molar-refractivity contribution in [2.45, 2.75) is 38.0 Å². The summed E-state index contributed by atoms with van der Waals surface area (Å²) in [7, 11) is 0. The average molecular weight is 262 g/mol. The van der Waals surface area contributed by atoms with Crippen LogP contribution >= 0.6 is 0 Å². The van der Waals surface area contributed by atoms with Crippen molar-refractivity contribution in [3.05, 3.63) is 71.8 Å². The van der Waals surface area contributed by atoms with Gasteiger partial charge in [0.15, 0.2) is 0 Å². The van der Waals surface area contributed by atoms with E-state index in [1.54, 1.807) is 0 Å². The summed E-state index contributed by atoms with van der Waals surface area (Å²) in [6.07, 6.45) is 6.98. The van der Waals surface area contributed by atoms with Crippen molar-refractivity contribution in [3.8, 4) is 12.3 Å². The molecule has 2 aromatic rings. The second-order valence-corrected chi connectivity index (χ2v) is 5.69. The van der Waals surface area contributed by atoms with Crippen LogP contribution in [0.4, 0.5) is 0 Å². The van der Waals surface area contributed by atoms with E-state index in [9.17, 15) is 0 Å². The van der Waals surface area contributed by atoms with Gasteiger partial charge in [-0.15, -0.1) is 6.42 Å². The molecule has 0 bridgehead atoms. The lowest BCUT2D eigenvalue weighted by Gasteiger charge is -2.44. The molecule has 0 aromatic heterocycles. The lowest BCUT2D eigenvalue weighted by molar-refractivity contribution is 0.312. The lowest BCUT2D eigenvalue weighted by Crippen LogP contribution is -2.43. The van der Waals surface area contributed by atoms with Gasteiger partial charge in [0, 0.05) is 5.41 Å². The van der Waals surface area contributed by atoms with Crippen LogP contribution in [-0.2, 0) is 10.8 Å². The van der Waals surface area contributed by atoms with E-state index in [-0.39, 0.29) is 10.8 Å². The zero-order valence-corrected chi connectivity index (χ0v) is 12.6. The molecule has 2 aromatic carbocycles. The van der Waals surface area contributed by atoms with Crippen LogP contribution in [0.25, 0.3) is 0 Å². The van der Waals surface area contributed by atoms with E-state index in [0.717, 1.165) is 6.42 Å². The highest BCUT2D eigenvalue weighted by Gasteiger charge is 2.44. The van der Waals surface area contributed by atoms with E-state index in [1.807, 2.05) is 6.07 Å². The summed E-state index contributed by atoms with van der Waals surface area (Å²) < 4.78 is 0. The van der Waals surface area contributed by atoms with E-state index in [1.165, 1.54) is 11.1 Å². The average Bonchev–Trinajstić information content (AvgIpc) is 2.54. The van der Waals surface area contributed by atoms with Crippen molar-refractivity contribution < 1.29 is 0 Å². The van der Waals surface area contributed by atoms with Crippen molar-refractivity contribution in [3.63, 3.8) is 0 Å². The Balaban J connectivity index is 2.62. The molecular formula is C20H22. The van der Waals surface area contributed by atoms with Crippen LogP contribution < -0.4 is 0 Å². The minimum absolute atomic E-state index is 0.0929. The maximum Gasteiger partial charge on any atom is 0.0625 e. The number of terminal acetylenes is 1. The molecule has 0 spiro atoms. The molecule has 0 N–H and O–H groups in total. The molecule has 0 heterocycles. The Morgan fingerprint density at radius 3 is 1.70 bits per heavy atom. The SMILES string of the molecule is C#CC(C)(c1ccccc1)C(C)(CC)c1ccccc1. The van der Waals surface area contributed by atoms with Gasteiger partial charge in [-0.25, -0.2) is 0 Å². The topological polar surface area (TPSA) is 0 Å². The maximum atomic E-state index is 5.99. The molecule has 2 atom stereocenters. The number of hydrogen-bond acceptors (Lipinski definition) is 0. The van der Waals surface area contributed by atoms with Crippen LogP contribution in [0.2, 0.25) is 0 Å². The molecule has 102 valence electrons. The number of hydrogen-bond donors (Lipinski definition) is 0. The predicted molar refractivity (Wildman–Crippen MR) is 86.7 cm³/mol. The molecule has 2 unspecified atom stereocenters. The Hall–Kier alpha value is -2.00. The second-order valence-electron chi connectivity index (χ2n) is 5.69. The summed E-state index contributed by atoms with van der Waals surface area (Å²) in [5.41, 5.74) is 2.08. The highest BCUT2D eigenvalue weighted by molar-refractivity contribution is 5.44. The minimum Gasteiger partial charge on any atom is -0.119 e. The summed E-state index contributed by atoms with van der Waals surface area (Å²) in [5.74, 6) is 3.08. The molecular weight excluding hydrogens is 240 g/mol. The van der Waals surface area contributed by atoms with E-state index in [0.29, 0.717) is 0 Å². The van der Waals surface area contributed by atoms with Crippen LogP contribution in [0, 0.1) is 12.3 Å². The first-order valence-electron chi connectivity index (χ1n) is 7.17. The number of rotatable bonds is 4. The van der Waals surface area contributed by atoms with E-state index >= 15 is 0 Å². The molecule has 0 aliphatic heterocycles. The van der Waals surface area contributed by atoms with Crippen molar-refractivity contribution in [1.29, 1.82) is 0 Å². The lowest BCUT2D eigenvalue weighted by atomic mass is 9.58. The van der Waals surface area contributed by atoms with Gasteiger partial charge in [0.2, 0.25) is 0 Å². The largest absolute Gasteiger partial charge is 0.119 e. The summed E-state index contributed by atoms with van der Waals surface area (Å²) in [5, 5.41) is 0. The van der Waals surface area contributed by atoms with Gasteiger partial charge in [-0.05, 0) is 24.5 Å². The quantitative estimate of drug-likeness (QED) is 0.684. The Labute approximate surface area is 122 Å². The fraction of sp³-hybridized carbons (Fsp3) is 0.300. The summed E-state index contributed by atoms with van der Waals surface area (Å²) in [6.45, 7) is 6.67. The second kappa shape index (κ2) is 5.55. The number of benzene rings is 2. The van der Waals surface area contributed by atoms with Crippen LogP contribution in [-0.4, -0.2) is 0 Å². The third-order valence-corrected chi connectivity index (χ3v) is 4.86. The smallest absolute Gasteiger partial charge is 0.0625 e. The third-order valence-electron chi connectivity index (χ3n) is 4.86.